The Morgan fingerprint density at radius 3 is 2.68 bits per heavy atom. The van der Waals surface area contributed by atoms with Crippen LogP contribution in [0.4, 0.5) is 4.39 Å². The fraction of sp³-hybridized carbons (Fsp3) is 0.267. The monoisotopic (exact) mass is 322 g/mol. The third kappa shape index (κ3) is 5.25. The highest BCUT2D eigenvalue weighted by atomic mass is 32.1. The van der Waals surface area contributed by atoms with Gasteiger partial charge in [0.15, 0.2) is 0 Å². The number of halogens is 1. The zero-order chi connectivity index (χ0) is 15.9. The normalized spacial score (nSPS) is 10.4. The Labute approximate surface area is 130 Å². The molecule has 0 spiro atoms. The van der Waals surface area contributed by atoms with Crippen molar-refractivity contribution in [2.45, 2.75) is 19.3 Å². The molecule has 0 aliphatic rings. The number of thiazole rings is 1. The van der Waals surface area contributed by atoms with Crippen molar-refractivity contribution in [3.8, 4) is 0 Å². The van der Waals surface area contributed by atoms with Gasteiger partial charge < -0.3 is 10.4 Å². The lowest BCUT2D eigenvalue weighted by Gasteiger charge is -2.01. The quantitative estimate of drug-likeness (QED) is 0.817. The highest BCUT2D eigenvalue weighted by Crippen LogP contribution is 2.15. The number of nitrogens with zero attached hydrogens (tertiary/aromatic N) is 1. The van der Waals surface area contributed by atoms with Crippen molar-refractivity contribution in [1.82, 2.24) is 10.3 Å². The predicted molar refractivity (Wildman–Crippen MR) is 80.3 cm³/mol. The number of rotatable bonds is 7. The molecule has 0 bridgehead atoms. The minimum absolute atomic E-state index is 0.0986. The van der Waals surface area contributed by atoms with Crippen LogP contribution in [0.2, 0.25) is 0 Å². The number of carboxylic acids is 1. The third-order valence-corrected chi connectivity index (χ3v) is 3.77. The summed E-state index contributed by atoms with van der Waals surface area (Å²) in [5.74, 6) is -1.47. The Balaban J connectivity index is 1.84. The number of hydrogen-bond acceptors (Lipinski definition) is 4. The highest BCUT2D eigenvalue weighted by molar-refractivity contribution is 7.09. The third-order valence-electron chi connectivity index (χ3n) is 2.87. The second kappa shape index (κ2) is 7.65. The smallest absolute Gasteiger partial charge is 0.305 e. The first-order valence-corrected chi connectivity index (χ1v) is 7.57. The van der Waals surface area contributed by atoms with Gasteiger partial charge in [-0.25, -0.2) is 9.37 Å². The number of nitrogens with one attached hydrogen (secondary N) is 1. The summed E-state index contributed by atoms with van der Waals surface area (Å²) in [6.07, 6.45) is 0.615. The Morgan fingerprint density at radius 2 is 2.00 bits per heavy atom. The number of aliphatic carboxylic acids is 1. The van der Waals surface area contributed by atoms with E-state index >= 15 is 0 Å². The van der Waals surface area contributed by atoms with Gasteiger partial charge in [0.05, 0.1) is 23.5 Å². The van der Waals surface area contributed by atoms with Gasteiger partial charge in [-0.05, 0) is 17.7 Å². The van der Waals surface area contributed by atoms with Crippen molar-refractivity contribution in [2.24, 2.45) is 0 Å². The molecular formula is C15H15FN2O3S. The van der Waals surface area contributed by atoms with Gasteiger partial charge in [0, 0.05) is 18.3 Å². The van der Waals surface area contributed by atoms with Gasteiger partial charge in [0.1, 0.15) is 5.82 Å². The molecule has 116 valence electrons. The zero-order valence-corrected chi connectivity index (χ0v) is 12.5. The maximum atomic E-state index is 12.8. The minimum Gasteiger partial charge on any atom is -0.481 e. The molecule has 0 fully saturated rings. The molecule has 1 heterocycles. The molecule has 1 amide bonds. The lowest BCUT2D eigenvalue weighted by molar-refractivity contribution is -0.136. The van der Waals surface area contributed by atoms with Crippen molar-refractivity contribution in [1.29, 1.82) is 0 Å². The van der Waals surface area contributed by atoms with E-state index in [1.54, 1.807) is 17.5 Å². The van der Waals surface area contributed by atoms with E-state index in [-0.39, 0.29) is 31.1 Å². The second-order valence-electron chi connectivity index (χ2n) is 4.71. The first kappa shape index (κ1) is 16.1. The van der Waals surface area contributed by atoms with E-state index in [9.17, 15) is 14.0 Å². The molecule has 1 aromatic heterocycles. The molecular weight excluding hydrogens is 307 g/mol. The first-order chi connectivity index (χ1) is 10.5. The van der Waals surface area contributed by atoms with Gasteiger partial charge in [0.2, 0.25) is 5.91 Å². The standard InChI is InChI=1S/C15H15FN2O3S/c16-11-3-1-10(2-4-11)7-14-18-12(9-22-14)8-13(19)17-6-5-15(20)21/h1-4,9H,5-8H2,(H,17,19)(H,20,21). The topological polar surface area (TPSA) is 79.3 Å². The van der Waals surface area contributed by atoms with E-state index in [1.807, 2.05) is 0 Å². The molecule has 0 atom stereocenters. The molecule has 2 rings (SSSR count). The van der Waals surface area contributed by atoms with E-state index < -0.39 is 5.97 Å². The zero-order valence-electron chi connectivity index (χ0n) is 11.7. The number of amides is 1. The van der Waals surface area contributed by atoms with E-state index in [1.165, 1.54) is 23.5 Å². The first-order valence-electron chi connectivity index (χ1n) is 6.69. The van der Waals surface area contributed by atoms with Crippen LogP contribution in [0.25, 0.3) is 0 Å². The largest absolute Gasteiger partial charge is 0.481 e. The molecule has 22 heavy (non-hydrogen) atoms. The Bertz CT molecular complexity index is 655. The van der Waals surface area contributed by atoms with E-state index in [0.717, 1.165) is 10.6 Å². The van der Waals surface area contributed by atoms with Gasteiger partial charge in [0.25, 0.3) is 0 Å². The van der Waals surface area contributed by atoms with Gasteiger partial charge in [-0.15, -0.1) is 11.3 Å². The summed E-state index contributed by atoms with van der Waals surface area (Å²) in [4.78, 5) is 26.3. The van der Waals surface area contributed by atoms with E-state index in [4.69, 9.17) is 5.11 Å². The SMILES string of the molecule is O=C(O)CCNC(=O)Cc1csc(Cc2ccc(F)cc2)n1. The Morgan fingerprint density at radius 1 is 1.27 bits per heavy atom. The van der Waals surface area contributed by atoms with Crippen LogP contribution in [0.5, 0.6) is 0 Å². The molecule has 0 saturated carbocycles. The summed E-state index contributed by atoms with van der Waals surface area (Å²) in [7, 11) is 0. The van der Waals surface area contributed by atoms with Crippen molar-refractivity contribution < 1.29 is 19.1 Å². The average Bonchev–Trinajstić information content (AvgIpc) is 2.88. The van der Waals surface area contributed by atoms with Crippen LogP contribution in [-0.2, 0) is 22.4 Å². The molecule has 2 aromatic rings. The van der Waals surface area contributed by atoms with Crippen LogP contribution < -0.4 is 5.32 Å². The van der Waals surface area contributed by atoms with Crippen LogP contribution in [0, 0.1) is 5.82 Å². The fourth-order valence-corrected chi connectivity index (χ4v) is 2.65. The lowest BCUT2D eigenvalue weighted by atomic mass is 10.1. The second-order valence-corrected chi connectivity index (χ2v) is 5.65. The van der Waals surface area contributed by atoms with Gasteiger partial charge >= 0.3 is 5.97 Å². The number of carboxylic acid groups (broad SMARTS) is 1. The Hall–Kier alpha value is -2.28. The average molecular weight is 322 g/mol. The molecule has 0 saturated heterocycles. The van der Waals surface area contributed by atoms with Gasteiger partial charge in [-0.3, -0.25) is 9.59 Å². The van der Waals surface area contributed by atoms with Crippen LogP contribution in [0.3, 0.4) is 0 Å². The number of benzene rings is 1. The summed E-state index contributed by atoms with van der Waals surface area (Å²) < 4.78 is 12.8. The number of aromatic nitrogens is 1. The number of carbonyl (C=O) groups excluding carboxylic acids is 1. The summed E-state index contributed by atoms with van der Waals surface area (Å²) in [5.41, 5.74) is 1.60. The molecule has 1 aromatic carbocycles. The van der Waals surface area contributed by atoms with Crippen LogP contribution in [0.15, 0.2) is 29.6 Å². The van der Waals surface area contributed by atoms with Crippen LogP contribution >= 0.6 is 11.3 Å². The molecule has 7 heteroatoms. The van der Waals surface area contributed by atoms with E-state index in [2.05, 4.69) is 10.3 Å². The van der Waals surface area contributed by atoms with Crippen molar-refractivity contribution >= 4 is 23.2 Å². The summed E-state index contributed by atoms with van der Waals surface area (Å²) >= 11 is 1.44. The molecule has 0 radical (unpaired) electrons. The summed E-state index contributed by atoms with van der Waals surface area (Å²) in [6, 6.07) is 6.21. The predicted octanol–water partition coefficient (Wildman–Crippen LogP) is 2.01. The number of carbonyl (C=O) groups is 2. The van der Waals surface area contributed by atoms with Crippen molar-refractivity contribution in [3.05, 3.63) is 51.7 Å². The molecule has 2 N–H and O–H groups in total. The van der Waals surface area contributed by atoms with Crippen LogP contribution in [0.1, 0.15) is 22.7 Å². The van der Waals surface area contributed by atoms with Crippen LogP contribution in [-0.4, -0.2) is 28.5 Å². The van der Waals surface area contributed by atoms with E-state index in [0.29, 0.717) is 12.1 Å². The minimum atomic E-state index is -0.949. The lowest BCUT2D eigenvalue weighted by Crippen LogP contribution is -2.27. The number of hydrogen-bond donors (Lipinski definition) is 2. The molecule has 5 nitrogen and oxygen atoms in total. The molecule has 0 unspecified atom stereocenters. The van der Waals surface area contributed by atoms with Crippen molar-refractivity contribution in [3.63, 3.8) is 0 Å². The Kier molecular flexibility index (Phi) is 5.60. The summed E-state index contributed by atoms with van der Waals surface area (Å²) in [6.45, 7) is 0.112. The highest BCUT2D eigenvalue weighted by Gasteiger charge is 2.08. The maximum Gasteiger partial charge on any atom is 0.305 e. The molecule has 0 aliphatic heterocycles. The fourth-order valence-electron chi connectivity index (χ4n) is 1.82. The summed E-state index contributed by atoms with van der Waals surface area (Å²) in [5, 5.41) is 13.7. The molecule has 0 aliphatic carbocycles. The van der Waals surface area contributed by atoms with Gasteiger partial charge in [-0.2, -0.15) is 0 Å². The van der Waals surface area contributed by atoms with Gasteiger partial charge in [-0.1, -0.05) is 12.1 Å². The maximum absolute atomic E-state index is 12.8. The van der Waals surface area contributed by atoms with Crippen molar-refractivity contribution in [2.75, 3.05) is 6.54 Å².